The summed E-state index contributed by atoms with van der Waals surface area (Å²) in [5.74, 6) is -0.411. The van der Waals surface area contributed by atoms with E-state index in [2.05, 4.69) is 27.6 Å². The molecule has 0 aliphatic rings. The number of carbonyl (C=O) groups excluding carboxylic acids is 1. The number of H-pyrrole nitrogens is 1. The number of hydrogen-bond donors (Lipinski definition) is 1. The van der Waals surface area contributed by atoms with Gasteiger partial charge in [-0.1, -0.05) is 11.6 Å². The first-order valence-electron chi connectivity index (χ1n) is 5.13. The maximum absolute atomic E-state index is 11.7. The molecule has 18 heavy (non-hydrogen) atoms. The third-order valence-corrected chi connectivity index (χ3v) is 4.87. The summed E-state index contributed by atoms with van der Waals surface area (Å²) in [5, 5.41) is 1.35. The normalized spacial score (nSPS) is 10.9. The number of rotatable bonds is 2. The molecule has 0 saturated heterocycles. The summed E-state index contributed by atoms with van der Waals surface area (Å²) < 4.78 is 5.71. The molecule has 0 radical (unpaired) electrons. The summed E-state index contributed by atoms with van der Waals surface area (Å²) in [6, 6.07) is 1.75. The number of aromatic nitrogens is 1. The average molecular weight is 396 g/mol. The van der Waals surface area contributed by atoms with Crippen LogP contribution >= 0.6 is 46.0 Å². The van der Waals surface area contributed by atoms with E-state index in [-0.39, 0.29) is 0 Å². The lowest BCUT2D eigenvalue weighted by Gasteiger charge is -2.06. The number of ether oxygens (including phenoxy) is 1. The quantitative estimate of drug-likeness (QED) is 0.470. The number of hydrogen-bond acceptors (Lipinski definition) is 3. The zero-order chi connectivity index (χ0) is 13.4. The average Bonchev–Trinajstić information content (AvgIpc) is 2.70. The van der Waals surface area contributed by atoms with Gasteiger partial charge in [-0.25, -0.2) is 4.79 Å². The molecule has 0 spiro atoms. The van der Waals surface area contributed by atoms with E-state index in [1.165, 1.54) is 7.11 Å². The molecular weight excluding hydrogens is 385 g/mol. The molecule has 6 heteroatoms. The molecule has 0 bridgehead atoms. The van der Waals surface area contributed by atoms with Gasteiger partial charge in [-0.05, 0) is 41.8 Å². The Balaban J connectivity index is 2.87. The minimum atomic E-state index is -0.411. The van der Waals surface area contributed by atoms with Crippen LogP contribution in [0.1, 0.15) is 16.1 Å². The number of benzene rings is 1. The highest BCUT2D eigenvalue weighted by Crippen LogP contribution is 2.39. The van der Waals surface area contributed by atoms with Crippen LogP contribution in [0.25, 0.3) is 10.9 Å². The Kier molecular flexibility index (Phi) is 4.13. The molecule has 1 heterocycles. The molecule has 0 atom stereocenters. The van der Waals surface area contributed by atoms with E-state index < -0.39 is 5.97 Å². The highest BCUT2D eigenvalue weighted by atomic mass is 127. The molecule has 2 aromatic rings. The van der Waals surface area contributed by atoms with Crippen molar-refractivity contribution >= 4 is 62.8 Å². The summed E-state index contributed by atoms with van der Waals surface area (Å²) in [6.07, 6.45) is 1.99. The molecule has 1 aromatic heterocycles. The van der Waals surface area contributed by atoms with Gasteiger partial charge in [-0.15, -0.1) is 11.8 Å². The van der Waals surface area contributed by atoms with Crippen molar-refractivity contribution in [1.29, 1.82) is 0 Å². The molecule has 2 rings (SSSR count). The Morgan fingerprint density at radius 3 is 2.78 bits per heavy atom. The second-order valence-corrected chi connectivity index (χ2v) is 6.10. The Bertz CT molecular complexity index is 639. The largest absolute Gasteiger partial charge is 0.465 e. The van der Waals surface area contributed by atoms with Gasteiger partial charge in [0.25, 0.3) is 0 Å². The van der Waals surface area contributed by atoms with Crippen molar-refractivity contribution in [3.05, 3.63) is 25.9 Å². The van der Waals surface area contributed by atoms with Gasteiger partial charge in [0.1, 0.15) is 0 Å². The third kappa shape index (κ3) is 2.12. The van der Waals surface area contributed by atoms with Gasteiger partial charge in [-0.2, -0.15) is 0 Å². The summed E-state index contributed by atoms with van der Waals surface area (Å²) in [5.41, 5.74) is 2.43. The minimum absolute atomic E-state index is 0.408. The predicted octanol–water partition coefficient (Wildman–Crippen LogP) is 4.24. The maximum Gasteiger partial charge on any atom is 0.339 e. The SMILES string of the molecule is COC(=O)c1cc(I)c2[nH]c(C)c(SC)c2c1Cl. The molecule has 0 aliphatic heterocycles. The van der Waals surface area contributed by atoms with Crippen LogP contribution in [-0.4, -0.2) is 24.3 Å². The molecule has 0 amide bonds. The number of nitrogens with one attached hydrogen (secondary N) is 1. The third-order valence-electron chi connectivity index (χ3n) is 2.71. The summed E-state index contributed by atoms with van der Waals surface area (Å²) in [4.78, 5) is 16.1. The zero-order valence-corrected chi connectivity index (χ0v) is 13.8. The lowest BCUT2D eigenvalue weighted by atomic mass is 10.1. The summed E-state index contributed by atoms with van der Waals surface area (Å²) in [7, 11) is 1.35. The second kappa shape index (κ2) is 5.30. The number of methoxy groups -OCH3 is 1. The van der Waals surface area contributed by atoms with Crippen molar-refractivity contribution in [3.8, 4) is 0 Å². The number of thioether (sulfide) groups is 1. The highest BCUT2D eigenvalue weighted by Gasteiger charge is 2.20. The van der Waals surface area contributed by atoms with Crippen LogP contribution in [0.2, 0.25) is 5.02 Å². The second-order valence-electron chi connectivity index (χ2n) is 3.74. The van der Waals surface area contributed by atoms with Crippen LogP contribution in [0.15, 0.2) is 11.0 Å². The summed E-state index contributed by atoms with van der Waals surface area (Å²) >= 11 is 10.1. The standard InChI is InChI=1S/C12H11ClINO2S/c1-5-11(18-3)8-9(13)6(12(16)17-2)4-7(14)10(8)15-5/h4,15H,1-3H3. The number of esters is 1. The summed E-state index contributed by atoms with van der Waals surface area (Å²) in [6.45, 7) is 2.00. The van der Waals surface area contributed by atoms with Gasteiger partial charge < -0.3 is 9.72 Å². The number of aromatic amines is 1. The van der Waals surface area contributed by atoms with E-state index in [1.54, 1.807) is 17.8 Å². The molecule has 1 aromatic carbocycles. The molecule has 0 aliphatic carbocycles. The molecular formula is C12H11ClINO2S. The molecule has 96 valence electrons. The van der Waals surface area contributed by atoms with Gasteiger partial charge in [0.05, 0.1) is 23.2 Å². The van der Waals surface area contributed by atoms with Gasteiger partial charge in [0.2, 0.25) is 0 Å². The first-order valence-corrected chi connectivity index (χ1v) is 7.82. The molecule has 0 unspecified atom stereocenters. The van der Waals surface area contributed by atoms with E-state index >= 15 is 0 Å². The van der Waals surface area contributed by atoms with E-state index in [0.717, 1.165) is 25.1 Å². The fourth-order valence-electron chi connectivity index (χ4n) is 1.91. The van der Waals surface area contributed by atoms with Crippen molar-refractivity contribution in [2.24, 2.45) is 0 Å². The van der Waals surface area contributed by atoms with Crippen LogP contribution in [0.3, 0.4) is 0 Å². The molecule has 3 nitrogen and oxygen atoms in total. The topological polar surface area (TPSA) is 42.1 Å². The fourth-order valence-corrected chi connectivity index (χ4v) is 3.77. The van der Waals surface area contributed by atoms with E-state index in [4.69, 9.17) is 16.3 Å². The van der Waals surface area contributed by atoms with Crippen molar-refractivity contribution in [2.75, 3.05) is 13.4 Å². The van der Waals surface area contributed by atoms with E-state index in [0.29, 0.717) is 10.6 Å². The molecule has 0 saturated carbocycles. The smallest absolute Gasteiger partial charge is 0.339 e. The Labute approximate surface area is 128 Å². The van der Waals surface area contributed by atoms with Crippen molar-refractivity contribution in [1.82, 2.24) is 4.98 Å². The number of aryl methyl sites for hydroxylation is 1. The number of fused-ring (bicyclic) bond motifs is 1. The Hall–Kier alpha value is -0.400. The highest BCUT2D eigenvalue weighted by molar-refractivity contribution is 14.1. The van der Waals surface area contributed by atoms with E-state index in [1.807, 2.05) is 13.2 Å². The lowest BCUT2D eigenvalue weighted by Crippen LogP contribution is -2.03. The zero-order valence-electron chi connectivity index (χ0n) is 10.1. The van der Waals surface area contributed by atoms with Crippen LogP contribution in [-0.2, 0) is 4.74 Å². The number of carbonyl (C=O) groups is 1. The van der Waals surface area contributed by atoms with Crippen LogP contribution in [0, 0.1) is 10.5 Å². The predicted molar refractivity (Wildman–Crippen MR) is 83.9 cm³/mol. The van der Waals surface area contributed by atoms with E-state index in [9.17, 15) is 4.79 Å². The maximum atomic E-state index is 11.7. The van der Waals surface area contributed by atoms with Crippen molar-refractivity contribution in [2.45, 2.75) is 11.8 Å². The minimum Gasteiger partial charge on any atom is -0.465 e. The van der Waals surface area contributed by atoms with Gasteiger partial charge >= 0.3 is 5.97 Å². The fraction of sp³-hybridized carbons (Fsp3) is 0.250. The van der Waals surface area contributed by atoms with Crippen molar-refractivity contribution < 1.29 is 9.53 Å². The molecule has 1 N–H and O–H groups in total. The Morgan fingerprint density at radius 1 is 1.56 bits per heavy atom. The molecule has 0 fully saturated rings. The van der Waals surface area contributed by atoms with Gasteiger partial charge in [-0.3, -0.25) is 0 Å². The first kappa shape index (κ1) is 14.0. The first-order chi connectivity index (χ1) is 8.51. The van der Waals surface area contributed by atoms with Crippen LogP contribution < -0.4 is 0 Å². The number of halogens is 2. The van der Waals surface area contributed by atoms with Crippen LogP contribution in [0.4, 0.5) is 0 Å². The van der Waals surface area contributed by atoms with Crippen LogP contribution in [0.5, 0.6) is 0 Å². The lowest BCUT2D eigenvalue weighted by molar-refractivity contribution is 0.0601. The van der Waals surface area contributed by atoms with Gasteiger partial charge in [0, 0.05) is 19.5 Å². The monoisotopic (exact) mass is 395 g/mol. The Morgan fingerprint density at radius 2 is 2.22 bits per heavy atom. The van der Waals surface area contributed by atoms with Gasteiger partial charge in [0.15, 0.2) is 0 Å². The van der Waals surface area contributed by atoms with Crippen molar-refractivity contribution in [3.63, 3.8) is 0 Å².